The first kappa shape index (κ1) is 47.2. The van der Waals surface area contributed by atoms with Crippen LogP contribution in [0.4, 0.5) is 0 Å². The lowest BCUT2D eigenvalue weighted by Gasteiger charge is -2.28. The Morgan fingerprint density at radius 3 is 1.38 bits per heavy atom. The van der Waals surface area contributed by atoms with Crippen molar-refractivity contribution in [3.63, 3.8) is 0 Å². The van der Waals surface area contributed by atoms with Crippen molar-refractivity contribution in [2.75, 3.05) is 53.3 Å². The number of nitrogens with two attached hydrogens (primary N) is 1. The average Bonchev–Trinajstić information content (AvgIpc) is 3.09. The molecule has 50 heavy (non-hydrogen) atoms. The van der Waals surface area contributed by atoms with E-state index in [0.29, 0.717) is 58.7 Å². The number of carbonyl (C=O) groups is 2. The van der Waals surface area contributed by atoms with Crippen molar-refractivity contribution < 1.29 is 40.9 Å². The van der Waals surface area contributed by atoms with Gasteiger partial charge in [0.2, 0.25) is 0 Å². The Morgan fingerprint density at radius 1 is 0.620 bits per heavy atom. The Bertz CT molecular complexity index is 1260. The summed E-state index contributed by atoms with van der Waals surface area (Å²) in [4.78, 5) is 45.4. The SMILES string of the molecule is CCO[Si](CCCCC(=O)Cn1ccccc1=O)(OCC)OCC.CCO[Si](CCCN)(OCC)OCC.COC(=O)Cn1ccccc1=O. The predicted molar refractivity (Wildman–Crippen MR) is 197 cm³/mol. The zero-order valence-electron chi connectivity index (χ0n) is 31.2. The second-order valence-corrected chi connectivity index (χ2v) is 16.0. The molecule has 0 aliphatic rings. The Morgan fingerprint density at radius 2 is 1.02 bits per heavy atom. The minimum Gasteiger partial charge on any atom is -0.468 e. The minimum absolute atomic E-state index is 0.0316. The first-order valence-corrected chi connectivity index (χ1v) is 21.3. The fraction of sp³-hybridized carbons (Fsp3) is 0.647. The molecule has 2 rings (SSSR count). The van der Waals surface area contributed by atoms with Crippen molar-refractivity contribution in [2.24, 2.45) is 5.73 Å². The molecule has 0 aromatic carbocycles. The highest BCUT2D eigenvalue weighted by Gasteiger charge is 2.40. The topological polar surface area (TPSA) is 169 Å². The molecular formula is C34H61N3O11Si2. The molecule has 2 aromatic rings. The van der Waals surface area contributed by atoms with Crippen LogP contribution in [0.25, 0.3) is 0 Å². The van der Waals surface area contributed by atoms with Crippen LogP contribution in [0.15, 0.2) is 58.4 Å². The number of methoxy groups -OCH3 is 1. The molecule has 0 radical (unpaired) electrons. The van der Waals surface area contributed by atoms with Crippen LogP contribution in [0.3, 0.4) is 0 Å². The Hall–Kier alpha value is -2.81. The number of Topliss-reactive ketones (excluding diaryl/α,β-unsaturated/α-hetero) is 1. The number of unbranched alkanes of at least 4 members (excludes halogenated alkanes) is 1. The van der Waals surface area contributed by atoms with E-state index in [-0.39, 0.29) is 30.0 Å². The third-order valence-corrected chi connectivity index (χ3v) is 13.0. The van der Waals surface area contributed by atoms with E-state index >= 15 is 0 Å². The number of hydrogen-bond donors (Lipinski definition) is 1. The predicted octanol–water partition coefficient (Wildman–Crippen LogP) is 4.04. The van der Waals surface area contributed by atoms with Crippen LogP contribution in [0.1, 0.15) is 67.2 Å². The zero-order valence-corrected chi connectivity index (χ0v) is 33.2. The number of pyridine rings is 2. The van der Waals surface area contributed by atoms with Crippen molar-refractivity contribution in [3.05, 3.63) is 69.5 Å². The molecule has 0 aliphatic heterocycles. The van der Waals surface area contributed by atoms with Crippen molar-refractivity contribution in [3.8, 4) is 0 Å². The summed E-state index contributed by atoms with van der Waals surface area (Å²) in [5, 5.41) is 0. The van der Waals surface area contributed by atoms with Crippen LogP contribution in [0.2, 0.25) is 12.1 Å². The second kappa shape index (κ2) is 28.8. The minimum atomic E-state index is -2.62. The summed E-state index contributed by atoms with van der Waals surface area (Å²) < 4.78 is 41.5. The van der Waals surface area contributed by atoms with Gasteiger partial charge in [0.15, 0.2) is 5.78 Å². The van der Waals surface area contributed by atoms with E-state index in [1.165, 1.54) is 28.4 Å². The Labute approximate surface area is 299 Å². The third-order valence-electron chi connectivity index (χ3n) is 6.73. The summed E-state index contributed by atoms with van der Waals surface area (Å²) in [5.41, 5.74) is 5.12. The highest BCUT2D eigenvalue weighted by molar-refractivity contribution is 6.61. The maximum absolute atomic E-state index is 12.0. The molecule has 0 amide bonds. The highest BCUT2D eigenvalue weighted by Crippen LogP contribution is 2.20. The molecule has 2 N–H and O–H groups in total. The lowest BCUT2D eigenvalue weighted by atomic mass is 10.2. The number of nitrogens with zero attached hydrogens (tertiary/aromatic N) is 2. The van der Waals surface area contributed by atoms with Gasteiger partial charge in [0.25, 0.3) is 11.1 Å². The second-order valence-electron chi connectivity index (χ2n) is 10.5. The standard InChI is InChI=1S/C17H29NO5Si.C9H23NO3Si.C8H9NO3/c1-4-21-24(22-5-2,23-6-3)14-10-8-11-16(19)15-18-13-9-7-12-17(18)20;1-4-11-14(12-5-2,13-6-3)9-7-8-10;1-12-8(11)6-9-5-3-2-4-7(9)10/h7,9,12-13H,4-6,8,10-11,14-15H2,1-3H3;4-10H2,1-3H3;2-5H,6H2,1H3. The molecule has 0 atom stereocenters. The molecule has 0 bridgehead atoms. The van der Waals surface area contributed by atoms with Gasteiger partial charge in [-0.3, -0.25) is 19.2 Å². The molecule has 0 unspecified atom stereocenters. The van der Waals surface area contributed by atoms with Crippen LogP contribution in [-0.2, 0) is 54.0 Å². The molecule has 14 nitrogen and oxygen atoms in total. The van der Waals surface area contributed by atoms with Crippen molar-refractivity contribution in [1.29, 1.82) is 0 Å². The summed E-state index contributed by atoms with van der Waals surface area (Å²) in [6.07, 6.45) is 6.06. The van der Waals surface area contributed by atoms with Crippen LogP contribution in [0, 0.1) is 0 Å². The number of ether oxygens (including phenoxy) is 1. The quantitative estimate of drug-likeness (QED) is 0.0932. The smallest absolute Gasteiger partial charge is 0.468 e. The van der Waals surface area contributed by atoms with Crippen molar-refractivity contribution >= 4 is 29.4 Å². The lowest BCUT2D eigenvalue weighted by Crippen LogP contribution is -2.46. The lowest BCUT2D eigenvalue weighted by molar-refractivity contribution is -0.141. The summed E-state index contributed by atoms with van der Waals surface area (Å²) >= 11 is 0. The molecule has 286 valence electrons. The molecule has 16 heteroatoms. The van der Waals surface area contributed by atoms with Crippen LogP contribution in [-0.4, -0.2) is 91.8 Å². The number of ketones is 1. The summed E-state index contributed by atoms with van der Waals surface area (Å²) in [7, 11) is -3.73. The van der Waals surface area contributed by atoms with Gasteiger partial charge in [0.1, 0.15) is 6.54 Å². The third kappa shape index (κ3) is 20.1. The van der Waals surface area contributed by atoms with Gasteiger partial charge in [-0.15, -0.1) is 0 Å². The van der Waals surface area contributed by atoms with E-state index in [1.807, 2.05) is 41.5 Å². The van der Waals surface area contributed by atoms with E-state index in [0.717, 1.165) is 25.3 Å². The first-order valence-electron chi connectivity index (χ1n) is 17.5. The zero-order chi connectivity index (χ0) is 37.7. The van der Waals surface area contributed by atoms with Gasteiger partial charge in [-0.1, -0.05) is 12.1 Å². The van der Waals surface area contributed by atoms with Crippen LogP contribution >= 0.6 is 0 Å². The van der Waals surface area contributed by atoms with Gasteiger partial charge < -0.3 is 46.2 Å². The normalized spacial score (nSPS) is 11.2. The fourth-order valence-corrected chi connectivity index (χ4v) is 9.97. The molecule has 2 heterocycles. The largest absolute Gasteiger partial charge is 0.500 e. The molecule has 0 fully saturated rings. The van der Waals surface area contributed by atoms with Crippen molar-refractivity contribution in [1.82, 2.24) is 9.13 Å². The van der Waals surface area contributed by atoms with Gasteiger partial charge in [-0.2, -0.15) is 0 Å². The van der Waals surface area contributed by atoms with Gasteiger partial charge in [-0.25, -0.2) is 0 Å². The number of hydrogen-bond acceptors (Lipinski definition) is 12. The maximum Gasteiger partial charge on any atom is 0.500 e. The van der Waals surface area contributed by atoms with Crippen LogP contribution in [0.5, 0.6) is 0 Å². The average molecular weight is 744 g/mol. The maximum atomic E-state index is 12.0. The summed E-state index contributed by atoms with van der Waals surface area (Å²) in [6, 6.07) is 11.1. The Balaban J connectivity index is 0.000000784. The number of aromatic nitrogens is 2. The molecule has 0 spiro atoms. The summed E-state index contributed by atoms with van der Waals surface area (Å²) in [5.74, 6) is -0.372. The molecule has 2 aromatic heterocycles. The van der Waals surface area contributed by atoms with E-state index in [1.54, 1.807) is 36.7 Å². The van der Waals surface area contributed by atoms with E-state index in [4.69, 9.17) is 32.3 Å². The number of esters is 1. The molecule has 0 saturated carbocycles. The van der Waals surface area contributed by atoms with E-state index in [2.05, 4.69) is 4.74 Å². The monoisotopic (exact) mass is 743 g/mol. The highest BCUT2D eigenvalue weighted by atomic mass is 28.4. The van der Waals surface area contributed by atoms with Gasteiger partial charge in [0.05, 0.1) is 13.7 Å². The number of rotatable bonds is 24. The van der Waals surface area contributed by atoms with E-state index < -0.39 is 23.6 Å². The summed E-state index contributed by atoms with van der Waals surface area (Å²) in [6.45, 7) is 16.0. The van der Waals surface area contributed by atoms with Crippen molar-refractivity contribution in [2.45, 2.75) is 92.4 Å². The van der Waals surface area contributed by atoms with E-state index in [9.17, 15) is 19.2 Å². The molecule has 0 saturated heterocycles. The Kier molecular flexibility index (Phi) is 27.2. The first-order chi connectivity index (χ1) is 24.0. The van der Waals surface area contributed by atoms with Gasteiger partial charge in [0, 0.05) is 82.7 Å². The fourth-order valence-electron chi connectivity index (χ4n) is 4.64. The van der Waals surface area contributed by atoms with Gasteiger partial charge in [-0.05, 0) is 79.5 Å². The number of carbonyl (C=O) groups excluding carboxylic acids is 2. The molecule has 0 aliphatic carbocycles. The van der Waals surface area contributed by atoms with Gasteiger partial charge >= 0.3 is 23.6 Å². The van der Waals surface area contributed by atoms with Crippen LogP contribution < -0.4 is 16.9 Å². The molecular weight excluding hydrogens is 683 g/mol.